The predicted molar refractivity (Wildman–Crippen MR) is 102 cm³/mol. The van der Waals surface area contributed by atoms with Gasteiger partial charge in [0.05, 0.1) is 17.4 Å². The van der Waals surface area contributed by atoms with Crippen molar-refractivity contribution in [1.82, 2.24) is 35.3 Å². The molecule has 2 heterocycles. The van der Waals surface area contributed by atoms with Gasteiger partial charge < -0.3 is 10.1 Å². The van der Waals surface area contributed by atoms with E-state index in [1.54, 1.807) is 0 Å². The van der Waals surface area contributed by atoms with Crippen LogP contribution in [0.15, 0.2) is 30.6 Å². The second-order valence-corrected chi connectivity index (χ2v) is 8.15. The largest absolute Gasteiger partial charge is 0.435 e. The Bertz CT molecular complexity index is 1100. The van der Waals surface area contributed by atoms with Crippen LogP contribution >= 0.6 is 0 Å². The maximum atomic E-state index is 14.6. The number of sulfonamides is 1. The van der Waals surface area contributed by atoms with Gasteiger partial charge in [-0.1, -0.05) is 6.07 Å². The maximum absolute atomic E-state index is 14.6. The Labute approximate surface area is 174 Å². The number of halogens is 3. The highest BCUT2D eigenvalue weighted by Gasteiger charge is 2.21. The minimum atomic E-state index is -3.59. The van der Waals surface area contributed by atoms with Crippen molar-refractivity contribution < 1.29 is 26.3 Å². The first-order valence-corrected chi connectivity index (χ1v) is 10.5. The molecule has 1 aromatic carbocycles. The first-order chi connectivity index (χ1) is 14.8. The van der Waals surface area contributed by atoms with Gasteiger partial charge in [0.1, 0.15) is 11.6 Å². The lowest BCUT2D eigenvalue weighted by atomic mass is 10.1. The van der Waals surface area contributed by atoms with Crippen molar-refractivity contribution in [3.05, 3.63) is 42.0 Å². The molecule has 0 saturated carbocycles. The number of ether oxygens (including phenoxy) is 1. The first-order valence-electron chi connectivity index (χ1n) is 8.81. The second kappa shape index (κ2) is 9.65. The minimum absolute atomic E-state index is 0.00692. The van der Waals surface area contributed by atoms with Gasteiger partial charge in [0, 0.05) is 30.6 Å². The molecule has 0 aliphatic heterocycles. The lowest BCUT2D eigenvalue weighted by Gasteiger charge is -2.20. The van der Waals surface area contributed by atoms with Crippen molar-refractivity contribution in [2.75, 3.05) is 17.6 Å². The van der Waals surface area contributed by atoms with E-state index >= 15 is 0 Å². The second-order valence-electron chi connectivity index (χ2n) is 6.06. The van der Waals surface area contributed by atoms with Crippen LogP contribution in [-0.4, -0.2) is 57.9 Å². The Hall–Kier alpha value is -3.33. The van der Waals surface area contributed by atoms with Crippen LogP contribution in [0.25, 0.3) is 11.4 Å². The zero-order chi connectivity index (χ0) is 22.4. The predicted octanol–water partition coefficient (Wildman–Crippen LogP) is 1.49. The molecule has 1 unspecified atom stereocenters. The number of anilines is 1. The Morgan fingerprint density at radius 1 is 1.23 bits per heavy atom. The van der Waals surface area contributed by atoms with E-state index in [4.69, 9.17) is 0 Å². The summed E-state index contributed by atoms with van der Waals surface area (Å²) in [5.74, 6) is -1.04. The van der Waals surface area contributed by atoms with Crippen LogP contribution in [0.5, 0.6) is 5.75 Å². The molecule has 15 heteroatoms. The van der Waals surface area contributed by atoms with Gasteiger partial charge in [-0.2, -0.15) is 8.78 Å². The molecule has 0 radical (unpaired) electrons. The molecule has 0 spiro atoms. The lowest BCUT2D eigenvalue weighted by molar-refractivity contribution is -0.0500. The normalized spacial score (nSPS) is 12.7. The van der Waals surface area contributed by atoms with Crippen molar-refractivity contribution >= 4 is 16.0 Å². The van der Waals surface area contributed by atoms with E-state index in [2.05, 4.69) is 45.4 Å². The summed E-state index contributed by atoms with van der Waals surface area (Å²) in [6.07, 6.45) is 2.81. The summed E-state index contributed by atoms with van der Waals surface area (Å²) in [7, 11) is -3.59. The fraction of sp³-hybridized carbons (Fsp3) is 0.312. The lowest BCUT2D eigenvalue weighted by Crippen LogP contribution is -2.33. The van der Waals surface area contributed by atoms with Gasteiger partial charge in [-0.15, -0.1) is 5.10 Å². The van der Waals surface area contributed by atoms with Gasteiger partial charge >= 0.3 is 6.61 Å². The Morgan fingerprint density at radius 3 is 2.55 bits per heavy atom. The fourth-order valence-corrected chi connectivity index (χ4v) is 3.10. The average molecular weight is 458 g/mol. The maximum Gasteiger partial charge on any atom is 0.387 e. The number of alkyl halides is 2. The molecule has 3 rings (SSSR count). The van der Waals surface area contributed by atoms with Gasteiger partial charge in [-0.3, -0.25) is 0 Å². The van der Waals surface area contributed by atoms with Crippen LogP contribution in [0.3, 0.4) is 0 Å². The van der Waals surface area contributed by atoms with Crippen molar-refractivity contribution in [3.8, 4) is 17.1 Å². The number of tetrazole rings is 1. The summed E-state index contributed by atoms with van der Waals surface area (Å²) in [5.41, 5.74) is 0.478. The van der Waals surface area contributed by atoms with Gasteiger partial charge in [0.25, 0.3) is 0 Å². The number of nitrogens with zero attached hydrogens (tertiary/aromatic N) is 5. The quantitative estimate of drug-likeness (QED) is 0.411. The van der Waals surface area contributed by atoms with E-state index < -0.39 is 28.5 Å². The van der Waals surface area contributed by atoms with Crippen molar-refractivity contribution in [3.63, 3.8) is 0 Å². The van der Waals surface area contributed by atoms with Crippen LogP contribution in [0.4, 0.5) is 19.1 Å². The number of H-pyrrole nitrogens is 1. The zero-order valence-electron chi connectivity index (χ0n) is 16.0. The molecular weight excluding hydrogens is 441 g/mol. The molecule has 0 saturated heterocycles. The Kier molecular flexibility index (Phi) is 6.96. The molecule has 0 aliphatic rings. The number of hydrogen-bond acceptors (Lipinski definition) is 9. The van der Waals surface area contributed by atoms with Crippen LogP contribution in [0, 0.1) is 5.82 Å². The molecule has 2 aromatic heterocycles. The summed E-state index contributed by atoms with van der Waals surface area (Å²) in [6, 6.07) is 2.18. The topological polar surface area (TPSA) is 148 Å². The standard InChI is InChI=1S/C16H17F3N8O3S/c1-2-31(28,29)22-8-13(11-4-3-10(5-12(11)17)30-15(18)19)23-16-20-6-9(7-21-16)14-24-26-27-25-14/h3-7,13,15,22H,2,8H2,1H3,(H,20,21,23)(H,24,25,26,27). The van der Waals surface area contributed by atoms with E-state index in [0.717, 1.165) is 12.1 Å². The third kappa shape index (κ3) is 6.08. The SMILES string of the molecule is CCS(=O)(=O)NCC(Nc1ncc(-c2nnn[nH]2)cn1)c1ccc(OC(F)F)cc1F. The van der Waals surface area contributed by atoms with Crippen molar-refractivity contribution in [2.24, 2.45) is 0 Å². The molecule has 0 aliphatic carbocycles. The van der Waals surface area contributed by atoms with Crippen molar-refractivity contribution in [2.45, 2.75) is 19.6 Å². The smallest absolute Gasteiger partial charge is 0.387 e. The summed E-state index contributed by atoms with van der Waals surface area (Å²) in [6.45, 7) is -1.91. The highest BCUT2D eigenvalue weighted by atomic mass is 32.2. The number of rotatable bonds is 10. The van der Waals surface area contributed by atoms with Gasteiger partial charge in [-0.25, -0.2) is 32.6 Å². The van der Waals surface area contributed by atoms with E-state index in [1.807, 2.05) is 0 Å². The number of benzene rings is 1. The molecule has 3 N–H and O–H groups in total. The van der Waals surface area contributed by atoms with Crippen LogP contribution in [0.1, 0.15) is 18.5 Å². The Morgan fingerprint density at radius 2 is 1.97 bits per heavy atom. The van der Waals surface area contributed by atoms with Crippen LogP contribution in [0.2, 0.25) is 0 Å². The molecule has 0 amide bonds. The van der Waals surface area contributed by atoms with Crippen LogP contribution in [-0.2, 0) is 10.0 Å². The number of aromatic amines is 1. The highest BCUT2D eigenvalue weighted by Crippen LogP contribution is 2.25. The van der Waals surface area contributed by atoms with E-state index in [0.29, 0.717) is 11.4 Å². The number of hydrogen-bond donors (Lipinski definition) is 3. The molecule has 0 bridgehead atoms. The molecule has 31 heavy (non-hydrogen) atoms. The summed E-state index contributed by atoms with van der Waals surface area (Å²) in [4.78, 5) is 8.18. The van der Waals surface area contributed by atoms with E-state index in [-0.39, 0.29) is 29.6 Å². The molecule has 1 atom stereocenters. The Balaban J connectivity index is 1.84. The molecule has 0 fully saturated rings. The average Bonchev–Trinajstić information content (AvgIpc) is 3.26. The van der Waals surface area contributed by atoms with Gasteiger partial charge in [-0.05, 0) is 23.4 Å². The van der Waals surface area contributed by atoms with E-state index in [9.17, 15) is 21.6 Å². The zero-order valence-corrected chi connectivity index (χ0v) is 16.8. The van der Waals surface area contributed by atoms with Gasteiger partial charge in [0.2, 0.25) is 16.0 Å². The van der Waals surface area contributed by atoms with Crippen molar-refractivity contribution in [1.29, 1.82) is 0 Å². The van der Waals surface area contributed by atoms with Gasteiger partial charge in [0.15, 0.2) is 5.82 Å². The summed E-state index contributed by atoms with van der Waals surface area (Å²) >= 11 is 0. The fourth-order valence-electron chi connectivity index (χ4n) is 2.48. The third-order valence-electron chi connectivity index (χ3n) is 4.03. The first kappa shape index (κ1) is 22.4. The summed E-state index contributed by atoms with van der Waals surface area (Å²) < 4.78 is 69.5. The number of nitrogens with one attached hydrogen (secondary N) is 3. The molecule has 3 aromatic rings. The molecule has 11 nitrogen and oxygen atoms in total. The number of aromatic nitrogens is 6. The highest BCUT2D eigenvalue weighted by molar-refractivity contribution is 7.89. The summed E-state index contributed by atoms with van der Waals surface area (Å²) in [5, 5.41) is 16.0. The monoisotopic (exact) mass is 458 g/mol. The van der Waals surface area contributed by atoms with Crippen LogP contribution < -0.4 is 14.8 Å². The molecule has 166 valence electrons. The minimum Gasteiger partial charge on any atom is -0.435 e. The third-order valence-corrected chi connectivity index (χ3v) is 5.40. The molecular formula is C16H17F3N8O3S. The van der Waals surface area contributed by atoms with E-state index in [1.165, 1.54) is 25.4 Å².